The molecule has 2 nitrogen and oxygen atoms in total. The van der Waals surface area contributed by atoms with Gasteiger partial charge in [0.2, 0.25) is 0 Å². The Morgan fingerprint density at radius 3 is 2.60 bits per heavy atom. The molecule has 0 aliphatic heterocycles. The number of alkyl halides is 1. The molecule has 1 rings (SSSR count). The van der Waals surface area contributed by atoms with Crippen LogP contribution in [0.2, 0.25) is 0 Å². The van der Waals surface area contributed by atoms with Crippen LogP contribution in [0, 0.1) is 13.8 Å². The van der Waals surface area contributed by atoms with Gasteiger partial charge in [-0.2, -0.15) is 0 Å². The molecule has 0 aliphatic rings. The Morgan fingerprint density at radius 1 is 1.47 bits per heavy atom. The predicted molar refractivity (Wildman–Crippen MR) is 66.7 cm³/mol. The molecular weight excluding hydrogens is 208 g/mol. The minimum absolute atomic E-state index is 0.109. The summed E-state index contributed by atoms with van der Waals surface area (Å²) in [4.78, 5) is 4.38. The summed E-state index contributed by atoms with van der Waals surface area (Å²) in [7, 11) is 0. The van der Waals surface area contributed by atoms with Crippen LogP contribution in [-0.4, -0.2) is 16.4 Å². The second-order valence-corrected chi connectivity index (χ2v) is 4.70. The van der Waals surface area contributed by atoms with Gasteiger partial charge in [-0.25, -0.2) is 4.98 Å². The highest BCUT2D eigenvalue weighted by atomic mass is 35.5. The summed E-state index contributed by atoms with van der Waals surface area (Å²) >= 11 is 6.09. The minimum Gasteiger partial charge on any atom is -0.366 e. The highest BCUT2D eigenvalue weighted by Crippen LogP contribution is 2.17. The molecule has 84 valence electrons. The molecule has 0 saturated carbocycles. The Bertz CT molecular complexity index is 323. The third-order valence-electron chi connectivity index (χ3n) is 2.53. The van der Waals surface area contributed by atoms with Crippen LogP contribution in [0.15, 0.2) is 12.3 Å². The predicted octanol–water partition coefficient (Wildman–Crippen LogP) is 3.52. The van der Waals surface area contributed by atoms with Crippen molar-refractivity contribution in [2.24, 2.45) is 0 Å². The Balaban J connectivity index is 2.79. The van der Waals surface area contributed by atoms with E-state index in [-0.39, 0.29) is 11.4 Å². The Kier molecular flexibility index (Phi) is 4.40. The average Bonchev–Trinajstić information content (AvgIpc) is 2.16. The van der Waals surface area contributed by atoms with Gasteiger partial charge < -0.3 is 5.32 Å². The smallest absolute Gasteiger partial charge is 0.129 e. The molecule has 1 N–H and O–H groups in total. The van der Waals surface area contributed by atoms with Crippen molar-refractivity contribution in [3.8, 4) is 0 Å². The van der Waals surface area contributed by atoms with Gasteiger partial charge in [-0.15, -0.1) is 11.6 Å². The van der Waals surface area contributed by atoms with Crippen molar-refractivity contribution in [1.82, 2.24) is 4.98 Å². The van der Waals surface area contributed by atoms with E-state index in [4.69, 9.17) is 11.6 Å². The third-order valence-corrected chi connectivity index (χ3v) is 2.84. The zero-order chi connectivity index (χ0) is 11.4. The highest BCUT2D eigenvalue weighted by Gasteiger charge is 2.13. The summed E-state index contributed by atoms with van der Waals surface area (Å²) in [5.74, 6) is 0.944. The van der Waals surface area contributed by atoms with Crippen LogP contribution in [0.4, 0.5) is 5.82 Å². The first-order valence-electron chi connectivity index (χ1n) is 5.38. The first kappa shape index (κ1) is 12.3. The summed E-state index contributed by atoms with van der Waals surface area (Å²) in [5, 5.41) is 3.49. The Morgan fingerprint density at radius 2 is 2.13 bits per heavy atom. The maximum atomic E-state index is 6.09. The quantitative estimate of drug-likeness (QED) is 0.795. The molecule has 0 amide bonds. The first-order chi connectivity index (χ1) is 7.04. The minimum atomic E-state index is 0.109. The van der Waals surface area contributed by atoms with E-state index in [9.17, 15) is 0 Å². The lowest BCUT2D eigenvalue weighted by Crippen LogP contribution is -2.27. The van der Waals surface area contributed by atoms with Crippen molar-refractivity contribution < 1.29 is 0 Å². The number of nitrogens with one attached hydrogen (secondary N) is 1. The van der Waals surface area contributed by atoms with Gasteiger partial charge in [0.25, 0.3) is 0 Å². The Labute approximate surface area is 97.1 Å². The van der Waals surface area contributed by atoms with Crippen molar-refractivity contribution in [1.29, 1.82) is 0 Å². The molecule has 1 aromatic heterocycles. The molecule has 2 atom stereocenters. The molecule has 1 heterocycles. The molecule has 0 aliphatic carbocycles. The van der Waals surface area contributed by atoms with Crippen LogP contribution < -0.4 is 5.32 Å². The first-order valence-corrected chi connectivity index (χ1v) is 5.82. The van der Waals surface area contributed by atoms with Crippen LogP contribution in [0.25, 0.3) is 0 Å². The molecule has 3 heteroatoms. The largest absolute Gasteiger partial charge is 0.366 e. The topological polar surface area (TPSA) is 24.9 Å². The molecule has 2 unspecified atom stereocenters. The van der Waals surface area contributed by atoms with Gasteiger partial charge in [0.1, 0.15) is 5.82 Å². The Hall–Kier alpha value is -0.760. The van der Waals surface area contributed by atoms with Crippen LogP contribution in [0.3, 0.4) is 0 Å². The van der Waals surface area contributed by atoms with Crippen molar-refractivity contribution in [2.45, 2.75) is 45.5 Å². The number of aryl methyl sites for hydroxylation is 2. The van der Waals surface area contributed by atoms with E-state index < -0.39 is 0 Å². The van der Waals surface area contributed by atoms with E-state index in [1.165, 1.54) is 11.1 Å². The van der Waals surface area contributed by atoms with Gasteiger partial charge in [0.15, 0.2) is 0 Å². The van der Waals surface area contributed by atoms with Gasteiger partial charge in [-0.1, -0.05) is 13.0 Å². The molecule has 15 heavy (non-hydrogen) atoms. The van der Waals surface area contributed by atoms with E-state index in [0.29, 0.717) is 0 Å². The van der Waals surface area contributed by atoms with Gasteiger partial charge in [0, 0.05) is 12.2 Å². The molecule has 1 aromatic rings. The normalized spacial score (nSPS) is 14.7. The summed E-state index contributed by atoms with van der Waals surface area (Å²) < 4.78 is 0. The second kappa shape index (κ2) is 5.36. The molecule has 0 fully saturated rings. The number of hydrogen-bond donors (Lipinski definition) is 1. The average molecular weight is 227 g/mol. The monoisotopic (exact) mass is 226 g/mol. The maximum absolute atomic E-state index is 6.09. The van der Waals surface area contributed by atoms with Gasteiger partial charge in [0.05, 0.1) is 5.38 Å². The van der Waals surface area contributed by atoms with Crippen LogP contribution >= 0.6 is 11.6 Å². The number of rotatable bonds is 4. The number of nitrogens with zero attached hydrogens (tertiary/aromatic N) is 1. The zero-order valence-electron chi connectivity index (χ0n) is 9.84. The fourth-order valence-electron chi connectivity index (χ4n) is 1.58. The van der Waals surface area contributed by atoms with Gasteiger partial charge >= 0.3 is 0 Å². The van der Waals surface area contributed by atoms with E-state index in [1.54, 1.807) is 0 Å². The van der Waals surface area contributed by atoms with Crippen molar-refractivity contribution in [3.05, 3.63) is 23.4 Å². The van der Waals surface area contributed by atoms with Gasteiger partial charge in [-0.3, -0.25) is 0 Å². The summed E-state index contributed by atoms with van der Waals surface area (Å²) in [6.07, 6.45) is 2.88. The SMILES string of the molecule is CCC(Nc1ncc(C)cc1C)C(C)Cl. The van der Waals surface area contributed by atoms with Crippen molar-refractivity contribution in [2.75, 3.05) is 5.32 Å². The van der Waals surface area contributed by atoms with Crippen molar-refractivity contribution in [3.63, 3.8) is 0 Å². The zero-order valence-corrected chi connectivity index (χ0v) is 10.6. The van der Waals surface area contributed by atoms with Crippen molar-refractivity contribution >= 4 is 17.4 Å². The lowest BCUT2D eigenvalue weighted by atomic mass is 10.1. The summed E-state index contributed by atoms with van der Waals surface area (Å²) in [5.41, 5.74) is 2.36. The van der Waals surface area contributed by atoms with E-state index in [0.717, 1.165) is 12.2 Å². The molecule has 0 spiro atoms. The lowest BCUT2D eigenvalue weighted by Gasteiger charge is -2.21. The summed E-state index contributed by atoms with van der Waals surface area (Å²) in [6.45, 7) is 8.24. The molecule has 0 bridgehead atoms. The molecular formula is C12H19ClN2. The number of pyridine rings is 1. The second-order valence-electron chi connectivity index (χ2n) is 4.01. The number of anilines is 1. The van der Waals surface area contributed by atoms with E-state index in [1.807, 2.05) is 20.0 Å². The maximum Gasteiger partial charge on any atom is 0.129 e. The fraction of sp³-hybridized carbons (Fsp3) is 0.583. The number of aromatic nitrogens is 1. The summed E-state index contributed by atoms with van der Waals surface area (Å²) in [6, 6.07) is 2.40. The van der Waals surface area contributed by atoms with Crippen LogP contribution in [0.1, 0.15) is 31.4 Å². The van der Waals surface area contributed by atoms with E-state index in [2.05, 4.69) is 30.2 Å². The fourth-order valence-corrected chi connectivity index (χ4v) is 1.82. The van der Waals surface area contributed by atoms with E-state index >= 15 is 0 Å². The number of halogens is 1. The highest BCUT2D eigenvalue weighted by molar-refractivity contribution is 6.21. The van der Waals surface area contributed by atoms with Crippen LogP contribution in [0.5, 0.6) is 0 Å². The standard InChI is InChI=1S/C12H19ClN2/c1-5-11(10(4)13)15-12-9(3)6-8(2)7-14-12/h6-7,10-11H,5H2,1-4H3,(H,14,15). The van der Waals surface area contributed by atoms with Gasteiger partial charge in [-0.05, 0) is 38.3 Å². The molecule has 0 saturated heterocycles. The molecule has 0 aromatic carbocycles. The van der Waals surface area contributed by atoms with Crippen LogP contribution in [-0.2, 0) is 0 Å². The lowest BCUT2D eigenvalue weighted by molar-refractivity contribution is 0.675. The third kappa shape index (κ3) is 3.38. The molecule has 0 radical (unpaired) electrons. The number of hydrogen-bond acceptors (Lipinski definition) is 2.